The number of imidazole rings is 1. The van der Waals surface area contributed by atoms with Gasteiger partial charge < -0.3 is 19.9 Å². The number of ether oxygens (including phenoxy) is 3. The zero-order valence-corrected chi connectivity index (χ0v) is 19.5. The molecule has 0 bridgehead atoms. The number of fused-ring (bicyclic) bond motifs is 1. The van der Waals surface area contributed by atoms with E-state index in [1.807, 2.05) is 0 Å². The molecule has 2 aromatic rings. The third kappa shape index (κ3) is 5.50. The summed E-state index contributed by atoms with van der Waals surface area (Å²) in [5, 5.41) is -0.424. The van der Waals surface area contributed by atoms with Crippen molar-refractivity contribution in [3.8, 4) is 0 Å². The van der Waals surface area contributed by atoms with Crippen molar-refractivity contribution in [1.82, 2.24) is 19.1 Å². The number of hydrogen-bond donors (Lipinski definition) is 1. The first-order valence-corrected chi connectivity index (χ1v) is 10.8. The Morgan fingerprint density at radius 2 is 1.91 bits per heavy atom. The monoisotopic (exact) mass is 527 g/mol. The molecule has 0 aliphatic carbocycles. The van der Waals surface area contributed by atoms with Crippen molar-refractivity contribution in [3.05, 3.63) is 15.6 Å². The Morgan fingerprint density at radius 3 is 2.46 bits per heavy atom. The van der Waals surface area contributed by atoms with Crippen LogP contribution in [0.25, 0.3) is 11.2 Å². The zero-order valence-electron chi connectivity index (χ0n) is 18.7. The number of nitrogen functional groups attached to an aromatic ring is 1. The van der Waals surface area contributed by atoms with Gasteiger partial charge in [0.05, 0.1) is 6.42 Å². The lowest BCUT2D eigenvalue weighted by atomic mass is 10.0. The second kappa shape index (κ2) is 9.97. The van der Waals surface area contributed by atoms with Gasteiger partial charge in [-0.2, -0.15) is 23.1 Å². The predicted molar refractivity (Wildman–Crippen MR) is 112 cm³/mol. The number of aromatic nitrogens is 4. The lowest BCUT2D eigenvalue weighted by Gasteiger charge is -2.23. The molecule has 1 unspecified atom stereocenters. The molecule has 0 amide bonds. The van der Waals surface area contributed by atoms with Gasteiger partial charge in [0.25, 0.3) is 0 Å². The van der Waals surface area contributed by atoms with Gasteiger partial charge in [0.15, 0.2) is 29.3 Å². The van der Waals surface area contributed by atoms with Crippen molar-refractivity contribution in [1.29, 1.82) is 0 Å². The number of hydrogen-bond acceptors (Lipinski definition) is 9. The number of aryl methyl sites for hydroxylation is 1. The molecule has 1 aliphatic heterocycles. The Hall–Kier alpha value is -2.94. The Bertz CT molecular complexity index is 1190. The van der Waals surface area contributed by atoms with Gasteiger partial charge in [0.1, 0.15) is 17.7 Å². The number of alkyl halides is 4. The molecule has 0 spiro atoms. The van der Waals surface area contributed by atoms with E-state index in [-0.39, 0.29) is 17.6 Å². The fourth-order valence-electron chi connectivity index (χ4n) is 3.89. The molecule has 16 heteroatoms. The average Bonchev–Trinajstić information content (AvgIpc) is 3.17. The number of carbonyl (C=O) groups excluding carboxylic acids is 2. The molecule has 0 saturated carbocycles. The van der Waals surface area contributed by atoms with Gasteiger partial charge in [-0.1, -0.05) is 18.5 Å². The van der Waals surface area contributed by atoms with E-state index in [2.05, 4.69) is 9.97 Å². The quantitative estimate of drug-likeness (QED) is 0.326. The van der Waals surface area contributed by atoms with E-state index in [0.29, 0.717) is 9.13 Å². The number of halogens is 5. The third-order valence-corrected chi connectivity index (χ3v) is 5.51. The van der Waals surface area contributed by atoms with Crippen LogP contribution in [0.5, 0.6) is 0 Å². The number of carbonyl (C=O) groups is 2. The van der Waals surface area contributed by atoms with Gasteiger partial charge in [-0.05, 0) is 6.42 Å². The lowest BCUT2D eigenvalue weighted by Crippen LogP contribution is -2.40. The van der Waals surface area contributed by atoms with Gasteiger partial charge >= 0.3 is 23.8 Å². The minimum Gasteiger partial charge on any atom is -0.460 e. The highest BCUT2D eigenvalue weighted by Crippen LogP contribution is 2.38. The number of anilines is 1. The molecule has 11 nitrogen and oxygen atoms in total. The first-order chi connectivity index (χ1) is 16.2. The second-order valence-corrected chi connectivity index (χ2v) is 8.14. The highest BCUT2D eigenvalue weighted by atomic mass is 35.5. The van der Waals surface area contributed by atoms with E-state index < -0.39 is 78.6 Å². The highest BCUT2D eigenvalue weighted by Gasteiger charge is 2.53. The standard InChI is InChI=1S/C19H22ClF4N5O6/c1-4-9(33-7(2)30)12-10(21)13(34-8(3)31)16(35-12)29-15-11(14(20)26-17(25)27-15)28(18(29)32)6-5-19(22,23)24/h9-10,12-13,16H,4-6H2,1-3H3,(H2,25,26,27)/t9?,10-,12+,13+,16+/m0/s1. The van der Waals surface area contributed by atoms with Crippen LogP contribution in [0.4, 0.5) is 23.5 Å². The molecular formula is C19H22ClF4N5O6. The summed E-state index contributed by atoms with van der Waals surface area (Å²) in [6, 6.07) is 0. The van der Waals surface area contributed by atoms with E-state index in [9.17, 15) is 27.6 Å². The SMILES string of the molecule is CCC(OC(C)=O)[C@H]1O[C@@H](n2c(=O)n(CCC(F)(F)F)c3c(Cl)nc(N)nc32)[C@H](OC(C)=O)[C@H]1F. The van der Waals surface area contributed by atoms with Crippen LogP contribution in [0, 0.1) is 0 Å². The predicted octanol–water partition coefficient (Wildman–Crippen LogP) is 2.29. The third-order valence-electron chi connectivity index (χ3n) is 5.24. The summed E-state index contributed by atoms with van der Waals surface area (Å²) >= 11 is 6.07. The van der Waals surface area contributed by atoms with E-state index >= 15 is 4.39 Å². The molecule has 3 heterocycles. The Kier molecular flexibility index (Phi) is 7.59. The molecule has 1 saturated heterocycles. The smallest absolute Gasteiger partial charge is 0.390 e. The van der Waals surface area contributed by atoms with Crippen molar-refractivity contribution in [2.24, 2.45) is 0 Å². The maximum Gasteiger partial charge on any atom is 0.390 e. The van der Waals surface area contributed by atoms with Gasteiger partial charge in [-0.25, -0.2) is 13.8 Å². The molecule has 2 N–H and O–H groups in total. The molecule has 2 aromatic heterocycles. The van der Waals surface area contributed by atoms with E-state index in [0.717, 1.165) is 13.8 Å². The van der Waals surface area contributed by atoms with Crippen molar-refractivity contribution >= 4 is 40.7 Å². The molecule has 194 valence electrons. The van der Waals surface area contributed by atoms with Crippen LogP contribution in [0.1, 0.15) is 39.8 Å². The van der Waals surface area contributed by atoms with Gasteiger partial charge in [0, 0.05) is 20.4 Å². The van der Waals surface area contributed by atoms with Crippen LogP contribution in [0.15, 0.2) is 4.79 Å². The average molecular weight is 528 g/mol. The minimum absolute atomic E-state index is 0.105. The van der Waals surface area contributed by atoms with E-state index in [1.54, 1.807) is 6.92 Å². The summed E-state index contributed by atoms with van der Waals surface area (Å²) < 4.78 is 71.4. The van der Waals surface area contributed by atoms with Crippen molar-refractivity contribution in [3.63, 3.8) is 0 Å². The van der Waals surface area contributed by atoms with Gasteiger partial charge in [-0.3, -0.25) is 14.2 Å². The summed E-state index contributed by atoms with van der Waals surface area (Å²) in [7, 11) is 0. The largest absolute Gasteiger partial charge is 0.460 e. The van der Waals surface area contributed by atoms with Crippen LogP contribution in [0.3, 0.4) is 0 Å². The van der Waals surface area contributed by atoms with Gasteiger partial charge in [0.2, 0.25) is 5.95 Å². The molecule has 3 rings (SSSR count). The summed E-state index contributed by atoms with van der Waals surface area (Å²) in [5.74, 6) is -2.08. The van der Waals surface area contributed by atoms with Crippen LogP contribution < -0.4 is 11.4 Å². The minimum atomic E-state index is -4.62. The summed E-state index contributed by atoms with van der Waals surface area (Å²) in [6.45, 7) is 2.82. The fourth-order valence-corrected chi connectivity index (χ4v) is 4.17. The van der Waals surface area contributed by atoms with E-state index in [4.69, 9.17) is 31.5 Å². The van der Waals surface area contributed by atoms with Crippen molar-refractivity contribution in [2.75, 3.05) is 5.73 Å². The zero-order chi connectivity index (χ0) is 26.2. The maximum absolute atomic E-state index is 15.5. The normalized spacial score (nSPS) is 23.4. The van der Waals surface area contributed by atoms with Crippen molar-refractivity contribution < 1.29 is 41.4 Å². The second-order valence-electron chi connectivity index (χ2n) is 7.78. The lowest BCUT2D eigenvalue weighted by molar-refractivity contribution is -0.159. The molecule has 0 radical (unpaired) electrons. The molecule has 0 aromatic carbocycles. The Labute approximate surface area is 200 Å². The number of nitrogens with two attached hydrogens (primary N) is 1. The fraction of sp³-hybridized carbons (Fsp3) is 0.632. The molecule has 1 fully saturated rings. The highest BCUT2D eigenvalue weighted by molar-refractivity contribution is 6.33. The molecular weight excluding hydrogens is 506 g/mol. The van der Waals surface area contributed by atoms with Crippen molar-refractivity contribution in [2.45, 2.75) is 77.0 Å². The van der Waals surface area contributed by atoms with Crippen LogP contribution in [-0.4, -0.2) is 61.7 Å². The maximum atomic E-state index is 15.5. The topological polar surface area (TPSA) is 141 Å². The molecule has 1 aliphatic rings. The summed E-state index contributed by atoms with van der Waals surface area (Å²) in [6.07, 6.45) is -14.0. The van der Waals surface area contributed by atoms with Gasteiger partial charge in [-0.15, -0.1) is 0 Å². The Morgan fingerprint density at radius 1 is 1.26 bits per heavy atom. The summed E-state index contributed by atoms with van der Waals surface area (Å²) in [5.41, 5.74) is 3.85. The van der Waals surface area contributed by atoms with Crippen LogP contribution >= 0.6 is 11.6 Å². The molecule has 35 heavy (non-hydrogen) atoms. The first-order valence-electron chi connectivity index (χ1n) is 10.4. The first kappa shape index (κ1) is 26.7. The molecule has 5 atom stereocenters. The number of nitrogens with zero attached hydrogens (tertiary/aromatic N) is 4. The Balaban J connectivity index is 2.19. The van der Waals surface area contributed by atoms with Crippen LogP contribution in [-0.2, 0) is 30.3 Å². The number of rotatable bonds is 7. The number of esters is 2. The van der Waals surface area contributed by atoms with E-state index in [1.165, 1.54) is 0 Å². The summed E-state index contributed by atoms with van der Waals surface area (Å²) in [4.78, 5) is 44.0. The van der Waals surface area contributed by atoms with Crippen LogP contribution in [0.2, 0.25) is 5.15 Å².